The summed E-state index contributed by atoms with van der Waals surface area (Å²) in [5.74, 6) is 1.23. The number of sulfone groups is 1. The van der Waals surface area contributed by atoms with Crippen LogP contribution in [-0.2, 0) is 9.84 Å². The first-order valence-corrected chi connectivity index (χ1v) is 10.3. The molecule has 1 aliphatic heterocycles. The molecule has 1 aromatic heterocycles. The highest BCUT2D eigenvalue weighted by molar-refractivity contribution is 7.91. The van der Waals surface area contributed by atoms with Gasteiger partial charge in [-0.15, -0.1) is 0 Å². The summed E-state index contributed by atoms with van der Waals surface area (Å²) in [7, 11) is -0.573. The second kappa shape index (κ2) is 7.03. The Morgan fingerprint density at radius 1 is 1.00 bits per heavy atom. The second-order valence-corrected chi connectivity index (χ2v) is 8.64. The molecule has 0 saturated carbocycles. The van der Waals surface area contributed by atoms with Crippen LogP contribution in [0.4, 0.5) is 5.88 Å². The number of anilines is 1. The van der Waals surface area contributed by atoms with Crippen LogP contribution in [0.25, 0.3) is 11.5 Å². The van der Waals surface area contributed by atoms with E-state index in [1.807, 2.05) is 0 Å². The minimum absolute atomic E-state index is 0.0517. The number of halogens is 1. The summed E-state index contributed by atoms with van der Waals surface area (Å²) in [6.07, 6.45) is 0. The van der Waals surface area contributed by atoms with E-state index in [1.54, 1.807) is 49.3 Å². The van der Waals surface area contributed by atoms with Crippen LogP contribution in [0.2, 0.25) is 5.02 Å². The number of fused-ring (bicyclic) bond motifs is 1. The van der Waals surface area contributed by atoms with Gasteiger partial charge >= 0.3 is 0 Å². The molecule has 0 aliphatic carbocycles. The fourth-order valence-electron chi connectivity index (χ4n) is 2.77. The van der Waals surface area contributed by atoms with E-state index in [-0.39, 0.29) is 21.7 Å². The topological polar surface area (TPSA) is 81.9 Å². The SMILES string of the molecule is CN(C)c1oc(-c2ccc(Cl)cc2)nc1S(=O)(=O)c1ccc2c(c1)OCCO2. The standard InChI is InChI=1S/C19H17ClN2O5S/c1-22(2)19-18(21-17(27-19)12-3-5-13(20)6-4-12)28(23,24)14-7-8-15-16(11-14)26-10-9-25-15/h3-8,11H,9-10H2,1-2H3. The van der Waals surface area contributed by atoms with Gasteiger partial charge in [0.05, 0.1) is 4.90 Å². The van der Waals surface area contributed by atoms with Crippen molar-refractivity contribution in [1.82, 2.24) is 4.98 Å². The lowest BCUT2D eigenvalue weighted by Crippen LogP contribution is -2.16. The fraction of sp³-hybridized carbons (Fsp3) is 0.211. The van der Waals surface area contributed by atoms with Gasteiger partial charge in [0.15, 0.2) is 11.5 Å². The average molecular weight is 421 g/mol. The Labute approximate surface area is 167 Å². The third kappa shape index (κ3) is 3.29. The molecule has 0 amide bonds. The van der Waals surface area contributed by atoms with Gasteiger partial charge in [0.1, 0.15) is 13.2 Å². The van der Waals surface area contributed by atoms with Gasteiger partial charge in [0, 0.05) is 30.7 Å². The van der Waals surface area contributed by atoms with E-state index in [4.69, 9.17) is 25.5 Å². The van der Waals surface area contributed by atoms with Crippen LogP contribution >= 0.6 is 11.6 Å². The zero-order valence-electron chi connectivity index (χ0n) is 15.2. The maximum absolute atomic E-state index is 13.3. The van der Waals surface area contributed by atoms with Crippen molar-refractivity contribution >= 4 is 27.3 Å². The predicted octanol–water partition coefficient (Wildman–Crippen LogP) is 3.67. The van der Waals surface area contributed by atoms with Gasteiger partial charge in [-0.3, -0.25) is 0 Å². The normalized spacial score (nSPS) is 13.4. The molecule has 2 aromatic carbocycles. The zero-order valence-corrected chi connectivity index (χ0v) is 16.7. The molecule has 28 heavy (non-hydrogen) atoms. The van der Waals surface area contributed by atoms with Crippen molar-refractivity contribution in [3.8, 4) is 23.0 Å². The Morgan fingerprint density at radius 3 is 2.36 bits per heavy atom. The minimum Gasteiger partial charge on any atom is -0.486 e. The van der Waals surface area contributed by atoms with Gasteiger partial charge < -0.3 is 18.8 Å². The van der Waals surface area contributed by atoms with E-state index in [9.17, 15) is 8.42 Å². The maximum atomic E-state index is 13.3. The van der Waals surface area contributed by atoms with E-state index >= 15 is 0 Å². The molecular formula is C19H17ClN2O5S. The Hall–Kier alpha value is -2.71. The molecule has 7 nitrogen and oxygen atoms in total. The molecule has 3 aromatic rings. The summed E-state index contributed by atoms with van der Waals surface area (Å²) in [6.45, 7) is 0.793. The molecule has 4 rings (SSSR count). The first kappa shape index (κ1) is 18.6. The molecule has 0 fully saturated rings. The summed E-state index contributed by atoms with van der Waals surface area (Å²) in [6, 6.07) is 11.3. The summed E-state index contributed by atoms with van der Waals surface area (Å²) in [5, 5.41) is 0.395. The molecule has 0 N–H and O–H groups in total. The molecule has 0 atom stereocenters. The van der Waals surface area contributed by atoms with E-state index in [1.165, 1.54) is 12.1 Å². The average Bonchev–Trinajstić information content (AvgIpc) is 3.15. The van der Waals surface area contributed by atoms with Gasteiger partial charge in [-0.05, 0) is 36.4 Å². The number of aromatic nitrogens is 1. The molecule has 0 bridgehead atoms. The van der Waals surface area contributed by atoms with Crippen LogP contribution in [0.1, 0.15) is 0 Å². The first-order valence-electron chi connectivity index (χ1n) is 8.45. The summed E-state index contributed by atoms with van der Waals surface area (Å²) < 4.78 is 43.3. The van der Waals surface area contributed by atoms with E-state index in [0.29, 0.717) is 35.3 Å². The van der Waals surface area contributed by atoms with Crippen molar-refractivity contribution in [3.63, 3.8) is 0 Å². The summed E-state index contributed by atoms with van der Waals surface area (Å²) in [4.78, 5) is 5.90. The van der Waals surface area contributed by atoms with Crippen molar-refractivity contribution in [3.05, 3.63) is 47.5 Å². The third-order valence-corrected chi connectivity index (χ3v) is 6.06. The highest BCUT2D eigenvalue weighted by Gasteiger charge is 2.30. The van der Waals surface area contributed by atoms with Gasteiger partial charge in [0.25, 0.3) is 0 Å². The van der Waals surface area contributed by atoms with Crippen molar-refractivity contribution in [2.45, 2.75) is 9.92 Å². The van der Waals surface area contributed by atoms with Crippen molar-refractivity contribution < 1.29 is 22.3 Å². The lowest BCUT2D eigenvalue weighted by Gasteiger charge is -2.18. The molecule has 0 unspecified atom stereocenters. The number of rotatable bonds is 4. The number of hydrogen-bond acceptors (Lipinski definition) is 7. The van der Waals surface area contributed by atoms with Gasteiger partial charge in [-0.25, -0.2) is 8.42 Å². The third-order valence-electron chi connectivity index (χ3n) is 4.16. The van der Waals surface area contributed by atoms with Crippen LogP contribution in [0.15, 0.2) is 56.8 Å². The lowest BCUT2D eigenvalue weighted by molar-refractivity contribution is 0.171. The predicted molar refractivity (Wildman–Crippen MR) is 104 cm³/mol. The fourth-order valence-corrected chi connectivity index (χ4v) is 4.29. The summed E-state index contributed by atoms with van der Waals surface area (Å²) >= 11 is 5.92. The van der Waals surface area contributed by atoms with Crippen LogP contribution in [0.3, 0.4) is 0 Å². The molecule has 0 radical (unpaired) electrons. The van der Waals surface area contributed by atoms with Crippen molar-refractivity contribution in [2.75, 3.05) is 32.2 Å². The van der Waals surface area contributed by atoms with Gasteiger partial charge in [-0.1, -0.05) is 11.6 Å². The van der Waals surface area contributed by atoms with Gasteiger partial charge in [-0.2, -0.15) is 4.98 Å². The van der Waals surface area contributed by atoms with E-state index in [0.717, 1.165) is 0 Å². The Balaban J connectivity index is 1.81. The molecule has 0 spiro atoms. The van der Waals surface area contributed by atoms with Crippen molar-refractivity contribution in [2.24, 2.45) is 0 Å². The largest absolute Gasteiger partial charge is 0.486 e. The Kier molecular flexibility index (Phi) is 4.68. The van der Waals surface area contributed by atoms with Gasteiger partial charge in [0.2, 0.25) is 26.6 Å². The van der Waals surface area contributed by atoms with Crippen LogP contribution < -0.4 is 14.4 Å². The highest BCUT2D eigenvalue weighted by atomic mass is 35.5. The number of benzene rings is 2. The smallest absolute Gasteiger partial charge is 0.235 e. The Morgan fingerprint density at radius 2 is 1.68 bits per heavy atom. The zero-order chi connectivity index (χ0) is 19.9. The lowest BCUT2D eigenvalue weighted by atomic mass is 10.2. The number of nitrogens with zero attached hydrogens (tertiary/aromatic N) is 2. The summed E-state index contributed by atoms with van der Waals surface area (Å²) in [5.41, 5.74) is 0.621. The van der Waals surface area contributed by atoms with Crippen molar-refractivity contribution in [1.29, 1.82) is 0 Å². The number of ether oxygens (including phenoxy) is 2. The number of oxazole rings is 1. The molecule has 0 saturated heterocycles. The van der Waals surface area contributed by atoms with E-state index in [2.05, 4.69) is 4.98 Å². The second-order valence-electron chi connectivity index (χ2n) is 6.34. The van der Waals surface area contributed by atoms with Crippen LogP contribution in [0, 0.1) is 0 Å². The number of hydrogen-bond donors (Lipinski definition) is 0. The first-order chi connectivity index (χ1) is 13.4. The highest BCUT2D eigenvalue weighted by Crippen LogP contribution is 2.37. The Bertz CT molecular complexity index is 1120. The molecule has 1 aliphatic rings. The molecular weight excluding hydrogens is 404 g/mol. The maximum Gasteiger partial charge on any atom is 0.235 e. The molecule has 9 heteroatoms. The van der Waals surface area contributed by atoms with Crippen LogP contribution in [0.5, 0.6) is 11.5 Å². The quantitative estimate of drug-likeness (QED) is 0.636. The van der Waals surface area contributed by atoms with Crippen LogP contribution in [-0.4, -0.2) is 40.7 Å². The molecule has 2 heterocycles. The molecule has 146 valence electrons. The van der Waals surface area contributed by atoms with E-state index < -0.39 is 9.84 Å². The monoisotopic (exact) mass is 420 g/mol. The minimum atomic E-state index is -3.95.